The lowest BCUT2D eigenvalue weighted by Gasteiger charge is -1.96. The number of unbranched alkanes of at least 4 members (excludes halogenated alkanes) is 1. The molecule has 0 saturated heterocycles. The Kier molecular flexibility index (Phi) is 8.60. The van der Waals surface area contributed by atoms with Crippen LogP contribution in [0.1, 0.15) is 26.2 Å². The summed E-state index contributed by atoms with van der Waals surface area (Å²) in [4.78, 5) is 0. The van der Waals surface area contributed by atoms with E-state index in [9.17, 15) is 0 Å². The molecule has 56 valence electrons. The molecule has 0 aliphatic heterocycles. The van der Waals surface area contributed by atoms with Crippen LogP contribution in [-0.2, 0) is 0 Å². The van der Waals surface area contributed by atoms with E-state index in [4.69, 9.17) is 5.11 Å². The molecule has 0 unspecified atom stereocenters. The fourth-order valence-electron chi connectivity index (χ4n) is 0.562. The van der Waals surface area contributed by atoms with Crippen molar-refractivity contribution in [3.05, 3.63) is 0 Å². The highest BCUT2D eigenvalue weighted by atomic mass is 32.2. The smallest absolute Gasteiger partial charge is 0.0431 e. The van der Waals surface area contributed by atoms with E-state index in [0.29, 0.717) is 6.61 Å². The van der Waals surface area contributed by atoms with E-state index in [1.165, 1.54) is 24.3 Å². The predicted molar refractivity (Wildman–Crippen MR) is 43.9 cm³/mol. The van der Waals surface area contributed by atoms with Gasteiger partial charge >= 0.3 is 0 Å². The van der Waals surface area contributed by atoms with Gasteiger partial charge in [0.1, 0.15) is 0 Å². The summed E-state index contributed by atoms with van der Waals surface area (Å²) in [5, 5.41) is 8.41. The molecule has 0 fully saturated rings. The largest absolute Gasteiger partial charge is 0.396 e. The Hall–Kier alpha value is 0.310. The number of hydrogen-bond donors (Lipinski definition) is 1. The van der Waals surface area contributed by atoms with Gasteiger partial charge in [-0.25, -0.2) is 0 Å². The standard InChI is InChI=1S/C7H16OS/c1-2-6-9-7-4-3-5-8/h8H,2-7H2,1H3. The number of aliphatic hydroxyl groups excluding tert-OH is 1. The molecule has 0 radical (unpaired) electrons. The highest BCUT2D eigenvalue weighted by Crippen LogP contribution is 2.04. The highest BCUT2D eigenvalue weighted by Gasteiger charge is 1.86. The van der Waals surface area contributed by atoms with Gasteiger partial charge in [-0.15, -0.1) is 0 Å². The molecule has 0 rings (SSSR count). The minimum Gasteiger partial charge on any atom is -0.396 e. The van der Waals surface area contributed by atoms with E-state index in [0.717, 1.165) is 6.42 Å². The van der Waals surface area contributed by atoms with Gasteiger partial charge in [0.05, 0.1) is 0 Å². The van der Waals surface area contributed by atoms with Crippen LogP contribution in [-0.4, -0.2) is 23.2 Å². The summed E-state index contributed by atoms with van der Waals surface area (Å²) < 4.78 is 0. The second-order valence-electron chi connectivity index (χ2n) is 2.04. The van der Waals surface area contributed by atoms with Crippen LogP contribution < -0.4 is 0 Å². The molecule has 2 heteroatoms. The van der Waals surface area contributed by atoms with Crippen molar-refractivity contribution < 1.29 is 5.11 Å². The van der Waals surface area contributed by atoms with Crippen LogP contribution in [0.3, 0.4) is 0 Å². The number of hydrogen-bond acceptors (Lipinski definition) is 2. The van der Waals surface area contributed by atoms with Gasteiger partial charge in [-0.05, 0) is 30.8 Å². The molecular formula is C7H16OS. The first-order chi connectivity index (χ1) is 4.41. The Bertz CT molecular complexity index is 42.2. The van der Waals surface area contributed by atoms with Gasteiger partial charge in [-0.2, -0.15) is 11.8 Å². The monoisotopic (exact) mass is 148 g/mol. The van der Waals surface area contributed by atoms with Crippen LogP contribution in [0, 0.1) is 0 Å². The lowest BCUT2D eigenvalue weighted by Crippen LogP contribution is -1.86. The summed E-state index contributed by atoms with van der Waals surface area (Å²) in [7, 11) is 0. The maximum Gasteiger partial charge on any atom is 0.0431 e. The first-order valence-corrected chi connectivity index (χ1v) is 4.76. The van der Waals surface area contributed by atoms with Crippen LogP contribution in [0.4, 0.5) is 0 Å². The summed E-state index contributed by atoms with van der Waals surface area (Å²) in [5.74, 6) is 2.49. The van der Waals surface area contributed by atoms with Crippen molar-refractivity contribution >= 4 is 11.8 Å². The number of rotatable bonds is 6. The second-order valence-corrected chi connectivity index (χ2v) is 3.27. The molecule has 0 spiro atoms. The SMILES string of the molecule is CCCSCCCCO. The molecule has 0 aromatic carbocycles. The fourth-order valence-corrected chi connectivity index (χ4v) is 1.46. The zero-order valence-electron chi connectivity index (χ0n) is 6.10. The van der Waals surface area contributed by atoms with Crippen molar-refractivity contribution in [2.24, 2.45) is 0 Å². The van der Waals surface area contributed by atoms with Crippen molar-refractivity contribution in [3.8, 4) is 0 Å². The molecule has 0 bridgehead atoms. The van der Waals surface area contributed by atoms with E-state index in [1.54, 1.807) is 0 Å². The van der Waals surface area contributed by atoms with Gasteiger partial charge in [0.2, 0.25) is 0 Å². The van der Waals surface area contributed by atoms with Gasteiger partial charge in [-0.3, -0.25) is 0 Å². The Labute approximate surface area is 61.8 Å². The minimum absolute atomic E-state index is 0.354. The Morgan fingerprint density at radius 1 is 1.22 bits per heavy atom. The van der Waals surface area contributed by atoms with Crippen molar-refractivity contribution in [2.75, 3.05) is 18.1 Å². The lowest BCUT2D eigenvalue weighted by molar-refractivity contribution is 0.287. The highest BCUT2D eigenvalue weighted by molar-refractivity contribution is 7.99. The van der Waals surface area contributed by atoms with E-state index in [2.05, 4.69) is 6.92 Å². The zero-order valence-corrected chi connectivity index (χ0v) is 6.91. The predicted octanol–water partition coefficient (Wildman–Crippen LogP) is 1.90. The summed E-state index contributed by atoms with van der Waals surface area (Å²) in [5.41, 5.74) is 0. The third-order valence-electron chi connectivity index (χ3n) is 1.05. The number of thioether (sulfide) groups is 1. The van der Waals surface area contributed by atoms with Crippen molar-refractivity contribution in [2.45, 2.75) is 26.2 Å². The van der Waals surface area contributed by atoms with Crippen LogP contribution in [0.5, 0.6) is 0 Å². The third-order valence-corrected chi connectivity index (χ3v) is 2.32. The second kappa shape index (κ2) is 8.31. The molecule has 1 N–H and O–H groups in total. The topological polar surface area (TPSA) is 20.2 Å². The molecule has 0 saturated carbocycles. The Morgan fingerprint density at radius 2 is 2.00 bits per heavy atom. The normalized spacial score (nSPS) is 10.0. The summed E-state index contributed by atoms with van der Waals surface area (Å²) in [6.45, 7) is 2.55. The minimum atomic E-state index is 0.354. The average molecular weight is 148 g/mol. The fraction of sp³-hybridized carbons (Fsp3) is 1.00. The van der Waals surface area contributed by atoms with Crippen molar-refractivity contribution in [1.29, 1.82) is 0 Å². The van der Waals surface area contributed by atoms with Crippen molar-refractivity contribution in [1.82, 2.24) is 0 Å². The summed E-state index contributed by atoms with van der Waals surface area (Å²) in [6, 6.07) is 0. The van der Waals surface area contributed by atoms with Crippen LogP contribution in [0.25, 0.3) is 0 Å². The third kappa shape index (κ3) is 8.31. The molecule has 0 atom stereocenters. The lowest BCUT2D eigenvalue weighted by atomic mass is 10.4. The molecule has 0 heterocycles. The zero-order chi connectivity index (χ0) is 6.95. The van der Waals surface area contributed by atoms with Gasteiger partial charge in [-0.1, -0.05) is 6.92 Å². The van der Waals surface area contributed by atoms with Gasteiger partial charge in [0, 0.05) is 6.61 Å². The Morgan fingerprint density at radius 3 is 2.56 bits per heavy atom. The molecule has 1 nitrogen and oxygen atoms in total. The van der Waals surface area contributed by atoms with Crippen molar-refractivity contribution in [3.63, 3.8) is 0 Å². The van der Waals surface area contributed by atoms with E-state index >= 15 is 0 Å². The van der Waals surface area contributed by atoms with Crippen LogP contribution >= 0.6 is 11.8 Å². The van der Waals surface area contributed by atoms with E-state index in [1.807, 2.05) is 11.8 Å². The molecule has 0 aliphatic carbocycles. The molecular weight excluding hydrogens is 132 g/mol. The molecule has 9 heavy (non-hydrogen) atoms. The van der Waals surface area contributed by atoms with Crippen LogP contribution in [0.2, 0.25) is 0 Å². The number of aliphatic hydroxyl groups is 1. The first-order valence-electron chi connectivity index (χ1n) is 3.60. The summed E-state index contributed by atoms with van der Waals surface area (Å²) >= 11 is 1.98. The Balaban J connectivity index is 2.60. The van der Waals surface area contributed by atoms with Crippen LogP contribution in [0.15, 0.2) is 0 Å². The van der Waals surface area contributed by atoms with Gasteiger partial charge < -0.3 is 5.11 Å². The van der Waals surface area contributed by atoms with E-state index < -0.39 is 0 Å². The molecule has 0 aliphatic rings. The maximum atomic E-state index is 8.41. The average Bonchev–Trinajstić information content (AvgIpc) is 1.89. The van der Waals surface area contributed by atoms with Gasteiger partial charge in [0.25, 0.3) is 0 Å². The molecule has 0 amide bonds. The molecule has 0 aromatic rings. The van der Waals surface area contributed by atoms with E-state index in [-0.39, 0.29) is 0 Å². The quantitative estimate of drug-likeness (QED) is 0.581. The van der Waals surface area contributed by atoms with Gasteiger partial charge in [0.15, 0.2) is 0 Å². The first kappa shape index (κ1) is 9.31. The molecule has 0 aromatic heterocycles. The maximum absolute atomic E-state index is 8.41. The summed E-state index contributed by atoms with van der Waals surface area (Å²) in [6.07, 6.45) is 3.40.